The van der Waals surface area contributed by atoms with Gasteiger partial charge in [0, 0.05) is 39.3 Å². The summed E-state index contributed by atoms with van der Waals surface area (Å²) in [5.74, 6) is 1.29. The van der Waals surface area contributed by atoms with Crippen LogP contribution < -0.4 is 0 Å². The third-order valence-corrected chi connectivity index (χ3v) is 4.82. The fourth-order valence-electron chi connectivity index (χ4n) is 2.77. The molecule has 3 rings (SSSR count). The Kier molecular flexibility index (Phi) is 5.20. The SMILES string of the molecule is COCc1noc(CN2CCN([C@H](C)c3ccsc3)CC2)n1. The fourth-order valence-corrected chi connectivity index (χ4v) is 3.51. The van der Waals surface area contributed by atoms with E-state index in [2.05, 4.69) is 43.7 Å². The van der Waals surface area contributed by atoms with E-state index >= 15 is 0 Å². The second kappa shape index (κ2) is 7.32. The molecule has 0 aromatic carbocycles. The average molecular weight is 322 g/mol. The van der Waals surface area contributed by atoms with Gasteiger partial charge >= 0.3 is 0 Å². The molecule has 2 aromatic rings. The van der Waals surface area contributed by atoms with E-state index in [4.69, 9.17) is 9.26 Å². The molecule has 0 saturated carbocycles. The summed E-state index contributed by atoms with van der Waals surface area (Å²) >= 11 is 1.77. The number of piperazine rings is 1. The van der Waals surface area contributed by atoms with Gasteiger partial charge < -0.3 is 9.26 Å². The highest BCUT2D eigenvalue weighted by Gasteiger charge is 2.23. The Morgan fingerprint density at radius 2 is 2.18 bits per heavy atom. The van der Waals surface area contributed by atoms with Crippen molar-refractivity contribution >= 4 is 11.3 Å². The summed E-state index contributed by atoms with van der Waals surface area (Å²) in [5, 5.41) is 8.29. The van der Waals surface area contributed by atoms with Crippen molar-refractivity contribution < 1.29 is 9.26 Å². The van der Waals surface area contributed by atoms with Crippen LogP contribution in [-0.2, 0) is 17.9 Å². The van der Waals surface area contributed by atoms with Gasteiger partial charge in [-0.1, -0.05) is 5.16 Å². The van der Waals surface area contributed by atoms with Crippen LogP contribution in [0, 0.1) is 0 Å². The minimum absolute atomic E-state index is 0.398. The van der Waals surface area contributed by atoms with E-state index < -0.39 is 0 Å². The van der Waals surface area contributed by atoms with Gasteiger partial charge in [0.1, 0.15) is 6.61 Å². The van der Waals surface area contributed by atoms with E-state index in [-0.39, 0.29) is 0 Å². The van der Waals surface area contributed by atoms with E-state index in [1.807, 2.05) is 0 Å². The van der Waals surface area contributed by atoms with Gasteiger partial charge in [0.05, 0.1) is 6.54 Å². The summed E-state index contributed by atoms with van der Waals surface area (Å²) in [6.07, 6.45) is 0. The van der Waals surface area contributed by atoms with Gasteiger partial charge in [-0.25, -0.2) is 0 Å². The number of hydrogen-bond donors (Lipinski definition) is 0. The molecule has 120 valence electrons. The largest absolute Gasteiger partial charge is 0.377 e. The maximum Gasteiger partial charge on any atom is 0.240 e. The zero-order valence-corrected chi connectivity index (χ0v) is 13.9. The van der Waals surface area contributed by atoms with E-state index in [0.717, 1.165) is 32.7 Å². The molecular formula is C15H22N4O2S. The standard InChI is InChI=1S/C15H22N4O2S/c1-12(13-3-8-22-11-13)19-6-4-18(5-7-19)9-15-16-14(10-20-2)17-21-15/h3,8,11-12H,4-7,9-10H2,1-2H3/t12-/m1/s1. The van der Waals surface area contributed by atoms with Crippen LogP contribution in [0.5, 0.6) is 0 Å². The Balaban J connectivity index is 1.49. The molecule has 6 nitrogen and oxygen atoms in total. The average Bonchev–Trinajstić information content (AvgIpc) is 3.20. The minimum Gasteiger partial charge on any atom is -0.377 e. The number of thiophene rings is 1. The third kappa shape index (κ3) is 3.73. The van der Waals surface area contributed by atoms with Crippen molar-refractivity contribution in [3.63, 3.8) is 0 Å². The number of methoxy groups -OCH3 is 1. The smallest absolute Gasteiger partial charge is 0.240 e. The lowest BCUT2D eigenvalue weighted by atomic mass is 10.1. The van der Waals surface area contributed by atoms with Gasteiger partial charge in [0.15, 0.2) is 5.82 Å². The van der Waals surface area contributed by atoms with Crippen molar-refractivity contribution in [2.45, 2.75) is 26.1 Å². The summed E-state index contributed by atoms with van der Waals surface area (Å²) < 4.78 is 10.3. The van der Waals surface area contributed by atoms with Gasteiger partial charge in [-0.3, -0.25) is 9.80 Å². The first-order valence-electron chi connectivity index (χ1n) is 7.55. The van der Waals surface area contributed by atoms with Crippen molar-refractivity contribution in [1.29, 1.82) is 0 Å². The third-order valence-electron chi connectivity index (χ3n) is 4.12. The molecule has 1 fully saturated rings. The molecule has 0 radical (unpaired) electrons. The van der Waals surface area contributed by atoms with E-state index in [1.54, 1.807) is 18.4 Å². The fraction of sp³-hybridized carbons (Fsp3) is 0.600. The molecule has 0 spiro atoms. The molecule has 1 aliphatic heterocycles. The molecule has 0 amide bonds. The zero-order chi connectivity index (χ0) is 15.4. The van der Waals surface area contributed by atoms with Crippen molar-refractivity contribution in [3.8, 4) is 0 Å². The monoisotopic (exact) mass is 322 g/mol. The van der Waals surface area contributed by atoms with E-state index in [0.29, 0.717) is 24.4 Å². The Bertz CT molecular complexity index is 564. The quantitative estimate of drug-likeness (QED) is 0.812. The molecule has 0 N–H and O–H groups in total. The van der Waals surface area contributed by atoms with Crippen LogP contribution in [0.25, 0.3) is 0 Å². The predicted octanol–water partition coefficient (Wildman–Crippen LogP) is 2.16. The van der Waals surface area contributed by atoms with Crippen LogP contribution in [0.1, 0.15) is 30.2 Å². The van der Waals surface area contributed by atoms with Crippen molar-refractivity contribution in [2.24, 2.45) is 0 Å². The number of aromatic nitrogens is 2. The molecular weight excluding hydrogens is 300 g/mol. The molecule has 1 atom stereocenters. The summed E-state index contributed by atoms with van der Waals surface area (Å²) in [7, 11) is 1.63. The molecule has 2 aromatic heterocycles. The maximum atomic E-state index is 5.26. The van der Waals surface area contributed by atoms with Gasteiger partial charge in [0.25, 0.3) is 0 Å². The molecule has 3 heterocycles. The normalized spacial score (nSPS) is 18.6. The lowest BCUT2D eigenvalue weighted by Gasteiger charge is -2.37. The second-order valence-electron chi connectivity index (χ2n) is 5.58. The number of hydrogen-bond acceptors (Lipinski definition) is 7. The Labute approximate surface area is 134 Å². The van der Waals surface area contributed by atoms with Gasteiger partial charge in [-0.15, -0.1) is 0 Å². The van der Waals surface area contributed by atoms with Crippen LogP contribution in [-0.4, -0.2) is 53.2 Å². The van der Waals surface area contributed by atoms with Crippen molar-refractivity contribution in [2.75, 3.05) is 33.3 Å². The predicted molar refractivity (Wildman–Crippen MR) is 84.6 cm³/mol. The first-order valence-corrected chi connectivity index (χ1v) is 8.49. The highest BCUT2D eigenvalue weighted by Crippen LogP contribution is 2.23. The highest BCUT2D eigenvalue weighted by molar-refractivity contribution is 7.07. The van der Waals surface area contributed by atoms with Crippen LogP contribution in [0.15, 0.2) is 21.3 Å². The summed E-state index contributed by atoms with van der Waals surface area (Å²) in [6.45, 7) is 7.58. The topological polar surface area (TPSA) is 54.6 Å². The van der Waals surface area contributed by atoms with Crippen LogP contribution in [0.4, 0.5) is 0 Å². The molecule has 0 aliphatic carbocycles. The molecule has 7 heteroatoms. The molecule has 1 saturated heterocycles. The Hall–Kier alpha value is -1.28. The Morgan fingerprint density at radius 3 is 2.86 bits per heavy atom. The Morgan fingerprint density at radius 1 is 1.36 bits per heavy atom. The lowest BCUT2D eigenvalue weighted by Crippen LogP contribution is -2.46. The molecule has 22 heavy (non-hydrogen) atoms. The number of ether oxygens (including phenoxy) is 1. The first kappa shape index (κ1) is 15.6. The van der Waals surface area contributed by atoms with E-state index in [1.165, 1.54) is 5.56 Å². The van der Waals surface area contributed by atoms with Gasteiger partial charge in [0.2, 0.25) is 5.89 Å². The zero-order valence-electron chi connectivity index (χ0n) is 13.1. The van der Waals surface area contributed by atoms with Gasteiger partial charge in [-0.05, 0) is 29.3 Å². The van der Waals surface area contributed by atoms with Crippen LogP contribution in [0.3, 0.4) is 0 Å². The number of nitrogens with zero attached hydrogens (tertiary/aromatic N) is 4. The number of rotatable bonds is 6. The second-order valence-corrected chi connectivity index (χ2v) is 6.36. The lowest BCUT2D eigenvalue weighted by molar-refractivity contribution is 0.0906. The summed E-state index contributed by atoms with van der Waals surface area (Å²) in [5.41, 5.74) is 1.42. The van der Waals surface area contributed by atoms with Crippen molar-refractivity contribution in [1.82, 2.24) is 19.9 Å². The first-order chi connectivity index (χ1) is 10.8. The van der Waals surface area contributed by atoms with Crippen molar-refractivity contribution in [3.05, 3.63) is 34.1 Å². The minimum atomic E-state index is 0.398. The van der Waals surface area contributed by atoms with Crippen LogP contribution in [0.2, 0.25) is 0 Å². The maximum absolute atomic E-state index is 5.26. The molecule has 0 unspecified atom stereocenters. The molecule has 1 aliphatic rings. The van der Waals surface area contributed by atoms with E-state index in [9.17, 15) is 0 Å². The van der Waals surface area contributed by atoms with Crippen LogP contribution >= 0.6 is 11.3 Å². The van der Waals surface area contributed by atoms with Gasteiger partial charge in [-0.2, -0.15) is 16.3 Å². The summed E-state index contributed by atoms with van der Waals surface area (Å²) in [6, 6.07) is 2.71. The highest BCUT2D eigenvalue weighted by atomic mass is 32.1. The summed E-state index contributed by atoms with van der Waals surface area (Å²) in [4.78, 5) is 9.22. The molecule has 0 bridgehead atoms.